The van der Waals surface area contributed by atoms with E-state index in [1.54, 1.807) is 11.9 Å². The second-order valence-electron chi connectivity index (χ2n) is 5.64. The molecule has 0 radical (unpaired) electrons. The molecule has 124 valence electrons. The maximum absolute atomic E-state index is 12.4. The molecule has 23 heavy (non-hydrogen) atoms. The van der Waals surface area contributed by atoms with Gasteiger partial charge in [0.15, 0.2) is 0 Å². The average molecular weight is 383 g/mol. The minimum atomic E-state index is -0.872. The molecule has 2 amide bonds. The lowest BCUT2D eigenvalue weighted by atomic mass is 10.1. The van der Waals surface area contributed by atoms with Gasteiger partial charge in [0.25, 0.3) is 0 Å². The highest BCUT2D eigenvalue weighted by Gasteiger charge is 2.36. The molecule has 0 aromatic heterocycles. The summed E-state index contributed by atoms with van der Waals surface area (Å²) >= 11 is 3.38. The lowest BCUT2D eigenvalue weighted by Gasteiger charge is -2.21. The van der Waals surface area contributed by atoms with Crippen LogP contribution in [0.1, 0.15) is 19.3 Å². The molecule has 0 saturated carbocycles. The van der Waals surface area contributed by atoms with Crippen molar-refractivity contribution in [3.8, 4) is 0 Å². The second-order valence-corrected chi connectivity index (χ2v) is 6.56. The van der Waals surface area contributed by atoms with Gasteiger partial charge >= 0.3 is 5.97 Å². The summed E-state index contributed by atoms with van der Waals surface area (Å²) in [4.78, 5) is 38.3. The highest BCUT2D eigenvalue weighted by molar-refractivity contribution is 9.10. The topological polar surface area (TPSA) is 77.9 Å². The summed E-state index contributed by atoms with van der Waals surface area (Å²) in [6.07, 6.45) is 0.633. The second kappa shape index (κ2) is 7.59. The standard InChI is InChI=1S/C16H19BrN2O4/c1-18(7-3-6-15(21)22)16(23)11-8-14(20)19(10-11)13-5-2-4-12(17)9-13/h2,4-5,9,11H,3,6-8,10H2,1H3,(H,21,22). The Morgan fingerprint density at radius 1 is 1.43 bits per heavy atom. The van der Waals surface area contributed by atoms with Crippen molar-refractivity contribution in [1.29, 1.82) is 0 Å². The van der Waals surface area contributed by atoms with Crippen molar-refractivity contribution in [2.75, 3.05) is 25.0 Å². The van der Waals surface area contributed by atoms with E-state index in [4.69, 9.17) is 5.11 Å². The van der Waals surface area contributed by atoms with Crippen LogP contribution in [0.5, 0.6) is 0 Å². The Bertz CT molecular complexity index is 620. The maximum Gasteiger partial charge on any atom is 0.303 e. The first-order valence-corrected chi connectivity index (χ1v) is 8.20. The van der Waals surface area contributed by atoms with Crippen molar-refractivity contribution in [3.63, 3.8) is 0 Å². The SMILES string of the molecule is CN(CCCC(=O)O)C(=O)C1CC(=O)N(c2cccc(Br)c2)C1. The quantitative estimate of drug-likeness (QED) is 0.817. The molecule has 1 aromatic carbocycles. The largest absolute Gasteiger partial charge is 0.481 e. The highest BCUT2D eigenvalue weighted by Crippen LogP contribution is 2.28. The van der Waals surface area contributed by atoms with Crippen molar-refractivity contribution in [3.05, 3.63) is 28.7 Å². The monoisotopic (exact) mass is 382 g/mol. The van der Waals surface area contributed by atoms with Crippen LogP contribution in [0.15, 0.2) is 28.7 Å². The molecule has 0 bridgehead atoms. The van der Waals surface area contributed by atoms with E-state index in [1.165, 1.54) is 4.90 Å². The molecule has 1 atom stereocenters. The summed E-state index contributed by atoms with van der Waals surface area (Å²) in [6.45, 7) is 0.740. The fourth-order valence-corrected chi connectivity index (χ4v) is 3.04. The van der Waals surface area contributed by atoms with E-state index in [2.05, 4.69) is 15.9 Å². The Kier molecular flexibility index (Phi) is 5.76. The van der Waals surface area contributed by atoms with Crippen LogP contribution in [0.25, 0.3) is 0 Å². The van der Waals surface area contributed by atoms with Crippen molar-refractivity contribution in [2.24, 2.45) is 5.92 Å². The molecule has 1 aromatic rings. The smallest absolute Gasteiger partial charge is 0.303 e. The Labute approximate surface area is 143 Å². The lowest BCUT2D eigenvalue weighted by molar-refractivity contribution is -0.138. The van der Waals surface area contributed by atoms with Crippen LogP contribution in [0, 0.1) is 5.92 Å². The van der Waals surface area contributed by atoms with Gasteiger partial charge in [-0.2, -0.15) is 0 Å². The van der Waals surface area contributed by atoms with E-state index in [-0.39, 0.29) is 30.6 Å². The van der Waals surface area contributed by atoms with Crippen LogP contribution >= 0.6 is 15.9 Å². The molecule has 1 N–H and O–H groups in total. The number of anilines is 1. The van der Waals surface area contributed by atoms with Crippen LogP contribution in [-0.4, -0.2) is 47.9 Å². The van der Waals surface area contributed by atoms with Crippen LogP contribution in [-0.2, 0) is 14.4 Å². The van der Waals surface area contributed by atoms with Crippen LogP contribution < -0.4 is 4.90 Å². The van der Waals surface area contributed by atoms with E-state index in [0.717, 1.165) is 10.2 Å². The molecule has 2 rings (SSSR count). The number of nitrogens with zero attached hydrogens (tertiary/aromatic N) is 2. The Hall–Kier alpha value is -1.89. The molecule has 1 aliphatic rings. The zero-order valence-corrected chi connectivity index (χ0v) is 14.5. The molecule has 6 nitrogen and oxygen atoms in total. The molecule has 0 aliphatic carbocycles. The minimum Gasteiger partial charge on any atom is -0.481 e. The molecule has 1 fully saturated rings. The van der Waals surface area contributed by atoms with Crippen molar-refractivity contribution >= 4 is 39.4 Å². The van der Waals surface area contributed by atoms with E-state index < -0.39 is 5.97 Å². The van der Waals surface area contributed by atoms with Gasteiger partial charge in [-0.3, -0.25) is 14.4 Å². The van der Waals surface area contributed by atoms with Crippen LogP contribution in [0.2, 0.25) is 0 Å². The van der Waals surface area contributed by atoms with Gasteiger partial charge in [-0.25, -0.2) is 0 Å². The maximum atomic E-state index is 12.4. The summed E-state index contributed by atoms with van der Waals surface area (Å²) in [5.74, 6) is -1.43. The number of hydrogen-bond acceptors (Lipinski definition) is 3. The first-order chi connectivity index (χ1) is 10.9. The number of aliphatic carboxylic acids is 1. The first kappa shape index (κ1) is 17.5. The van der Waals surface area contributed by atoms with E-state index in [9.17, 15) is 14.4 Å². The molecule has 1 aliphatic heterocycles. The van der Waals surface area contributed by atoms with E-state index in [1.807, 2.05) is 24.3 Å². The zero-order valence-electron chi connectivity index (χ0n) is 12.9. The van der Waals surface area contributed by atoms with Gasteiger partial charge in [0.2, 0.25) is 11.8 Å². The summed E-state index contributed by atoms with van der Waals surface area (Å²) in [7, 11) is 1.65. The van der Waals surface area contributed by atoms with Gasteiger partial charge < -0.3 is 14.9 Å². The summed E-state index contributed by atoms with van der Waals surface area (Å²) in [5.41, 5.74) is 0.771. The van der Waals surface area contributed by atoms with E-state index in [0.29, 0.717) is 19.5 Å². The van der Waals surface area contributed by atoms with E-state index >= 15 is 0 Å². The van der Waals surface area contributed by atoms with Gasteiger partial charge in [-0.05, 0) is 24.6 Å². The van der Waals surface area contributed by atoms with Crippen LogP contribution in [0.4, 0.5) is 5.69 Å². The van der Waals surface area contributed by atoms with Gasteiger partial charge in [-0.15, -0.1) is 0 Å². The number of carbonyl (C=O) groups excluding carboxylic acids is 2. The third-order valence-corrected chi connectivity index (χ3v) is 4.35. The Morgan fingerprint density at radius 3 is 2.83 bits per heavy atom. The number of carbonyl (C=O) groups is 3. The minimum absolute atomic E-state index is 0.0331. The van der Waals surface area contributed by atoms with Crippen molar-refractivity contribution < 1.29 is 19.5 Å². The van der Waals surface area contributed by atoms with Gasteiger partial charge in [0.1, 0.15) is 0 Å². The Balaban J connectivity index is 1.96. The normalized spacial score (nSPS) is 17.4. The molecule has 1 saturated heterocycles. The number of carboxylic acids is 1. The fraction of sp³-hybridized carbons (Fsp3) is 0.438. The third kappa shape index (κ3) is 4.54. The number of rotatable bonds is 6. The number of halogens is 1. The number of amides is 2. The number of hydrogen-bond donors (Lipinski definition) is 1. The molecule has 1 heterocycles. The van der Waals surface area contributed by atoms with Crippen LogP contribution in [0.3, 0.4) is 0 Å². The number of benzene rings is 1. The van der Waals surface area contributed by atoms with Crippen molar-refractivity contribution in [2.45, 2.75) is 19.3 Å². The summed E-state index contributed by atoms with van der Waals surface area (Å²) in [6, 6.07) is 7.41. The molecule has 7 heteroatoms. The molecular formula is C16H19BrN2O4. The molecule has 1 unspecified atom stereocenters. The molecular weight excluding hydrogens is 364 g/mol. The van der Waals surface area contributed by atoms with Gasteiger partial charge in [-0.1, -0.05) is 22.0 Å². The highest BCUT2D eigenvalue weighted by atomic mass is 79.9. The lowest BCUT2D eigenvalue weighted by Crippen LogP contribution is -2.35. The predicted octanol–water partition coefficient (Wildman–Crippen LogP) is 2.13. The Morgan fingerprint density at radius 2 is 2.17 bits per heavy atom. The van der Waals surface area contributed by atoms with Gasteiger partial charge in [0, 0.05) is 43.1 Å². The third-order valence-electron chi connectivity index (χ3n) is 3.85. The van der Waals surface area contributed by atoms with Gasteiger partial charge in [0.05, 0.1) is 5.92 Å². The van der Waals surface area contributed by atoms with Crippen molar-refractivity contribution in [1.82, 2.24) is 4.90 Å². The fourth-order valence-electron chi connectivity index (χ4n) is 2.66. The average Bonchev–Trinajstić information content (AvgIpc) is 2.88. The molecule has 0 spiro atoms. The predicted molar refractivity (Wildman–Crippen MR) is 89.1 cm³/mol. The zero-order chi connectivity index (χ0) is 17.0. The summed E-state index contributed by atoms with van der Waals surface area (Å²) in [5, 5.41) is 8.64. The first-order valence-electron chi connectivity index (χ1n) is 7.41. The number of carboxylic acid groups (broad SMARTS) is 1. The summed E-state index contributed by atoms with van der Waals surface area (Å²) < 4.78 is 0.878.